The number of rotatable bonds is 4. The van der Waals surface area contributed by atoms with E-state index in [0.29, 0.717) is 32.7 Å². The highest BCUT2D eigenvalue weighted by molar-refractivity contribution is 9.10. The summed E-state index contributed by atoms with van der Waals surface area (Å²) in [5, 5.41) is 0. The molecule has 0 heterocycles. The van der Waals surface area contributed by atoms with Crippen molar-refractivity contribution in [3.8, 4) is 11.5 Å². The Kier molecular flexibility index (Phi) is 4.63. The molecule has 0 aliphatic carbocycles. The third kappa shape index (κ3) is 2.93. The van der Waals surface area contributed by atoms with E-state index in [2.05, 4.69) is 15.9 Å². The van der Waals surface area contributed by atoms with Gasteiger partial charge in [-0.3, -0.25) is 4.79 Å². The highest BCUT2D eigenvalue weighted by atomic mass is 79.9. The minimum absolute atomic E-state index is 0.238. The molecule has 5 heteroatoms. The van der Waals surface area contributed by atoms with Crippen molar-refractivity contribution >= 4 is 21.7 Å². The summed E-state index contributed by atoms with van der Waals surface area (Å²) in [5.41, 5.74) is 1.22. The van der Waals surface area contributed by atoms with Crippen LogP contribution in [0.5, 0.6) is 11.5 Å². The van der Waals surface area contributed by atoms with Gasteiger partial charge in [-0.05, 0) is 58.7 Å². The van der Waals surface area contributed by atoms with E-state index < -0.39 is 0 Å². The molecule has 0 aliphatic heterocycles. The number of halogens is 2. The smallest absolute Gasteiger partial charge is 0.196 e. The standard InChI is InChI=1S/C16H14BrFO3/c1-9-8-10(4-6-12(9)18)15(19)11-5-7-13(20-2)14(17)16(11)21-3/h4-8H,1-3H3. The molecule has 0 bridgehead atoms. The Hall–Kier alpha value is -1.88. The van der Waals surface area contributed by atoms with Gasteiger partial charge in [0.2, 0.25) is 0 Å². The molecule has 2 aromatic carbocycles. The van der Waals surface area contributed by atoms with Crippen molar-refractivity contribution in [3.05, 3.63) is 57.3 Å². The van der Waals surface area contributed by atoms with Crippen molar-refractivity contribution in [1.82, 2.24) is 0 Å². The molecule has 110 valence electrons. The summed E-state index contributed by atoms with van der Waals surface area (Å²) < 4.78 is 24.3. The van der Waals surface area contributed by atoms with Crippen LogP contribution in [0.1, 0.15) is 21.5 Å². The number of ether oxygens (including phenoxy) is 2. The third-order valence-electron chi connectivity index (χ3n) is 3.15. The zero-order chi connectivity index (χ0) is 15.6. The number of aryl methyl sites for hydroxylation is 1. The number of benzene rings is 2. The van der Waals surface area contributed by atoms with Crippen molar-refractivity contribution in [2.75, 3.05) is 14.2 Å². The van der Waals surface area contributed by atoms with E-state index in [1.54, 1.807) is 19.1 Å². The maximum atomic E-state index is 13.3. The van der Waals surface area contributed by atoms with Gasteiger partial charge in [-0.15, -0.1) is 0 Å². The van der Waals surface area contributed by atoms with E-state index in [1.165, 1.54) is 32.4 Å². The fourth-order valence-corrected chi connectivity index (χ4v) is 2.68. The number of carbonyl (C=O) groups excluding carboxylic acids is 1. The first-order chi connectivity index (χ1) is 9.99. The largest absolute Gasteiger partial charge is 0.495 e. The number of carbonyl (C=O) groups is 1. The Morgan fingerprint density at radius 1 is 1.14 bits per heavy atom. The second kappa shape index (κ2) is 6.26. The molecule has 0 N–H and O–H groups in total. The average Bonchev–Trinajstić information content (AvgIpc) is 2.49. The van der Waals surface area contributed by atoms with E-state index in [-0.39, 0.29) is 11.6 Å². The molecule has 21 heavy (non-hydrogen) atoms. The first-order valence-corrected chi connectivity index (χ1v) is 7.00. The summed E-state index contributed by atoms with van der Waals surface area (Å²) in [7, 11) is 3.01. The minimum Gasteiger partial charge on any atom is -0.495 e. The van der Waals surface area contributed by atoms with E-state index >= 15 is 0 Å². The van der Waals surface area contributed by atoms with Crippen LogP contribution in [-0.4, -0.2) is 20.0 Å². The number of methoxy groups -OCH3 is 2. The normalized spacial score (nSPS) is 10.3. The van der Waals surface area contributed by atoms with Crippen molar-refractivity contribution in [3.63, 3.8) is 0 Å². The van der Waals surface area contributed by atoms with Gasteiger partial charge in [-0.25, -0.2) is 4.39 Å². The molecule has 0 amide bonds. The molecular weight excluding hydrogens is 339 g/mol. The monoisotopic (exact) mass is 352 g/mol. The summed E-state index contributed by atoms with van der Waals surface area (Å²) in [5.74, 6) is 0.382. The molecule has 0 radical (unpaired) electrons. The lowest BCUT2D eigenvalue weighted by Gasteiger charge is -2.13. The molecule has 0 spiro atoms. The number of ketones is 1. The predicted octanol–water partition coefficient (Wildman–Crippen LogP) is 4.14. The van der Waals surface area contributed by atoms with Crippen LogP contribution in [0.15, 0.2) is 34.8 Å². The fourth-order valence-electron chi connectivity index (χ4n) is 2.02. The molecule has 0 unspecified atom stereocenters. The van der Waals surface area contributed by atoms with Crippen LogP contribution in [0.25, 0.3) is 0 Å². The second-order valence-corrected chi connectivity index (χ2v) is 5.25. The average molecular weight is 353 g/mol. The van der Waals surface area contributed by atoms with Crippen LogP contribution < -0.4 is 9.47 Å². The van der Waals surface area contributed by atoms with E-state index in [4.69, 9.17) is 9.47 Å². The molecule has 2 rings (SSSR count). The van der Waals surface area contributed by atoms with Gasteiger partial charge >= 0.3 is 0 Å². The maximum absolute atomic E-state index is 13.3. The van der Waals surface area contributed by atoms with Crippen LogP contribution in [0.2, 0.25) is 0 Å². The lowest BCUT2D eigenvalue weighted by atomic mass is 10.0. The molecular formula is C16H14BrFO3. The summed E-state index contributed by atoms with van der Waals surface area (Å²) in [6.45, 7) is 1.62. The molecule has 2 aromatic rings. The summed E-state index contributed by atoms with van der Waals surface area (Å²) >= 11 is 3.36. The van der Waals surface area contributed by atoms with Gasteiger partial charge in [0, 0.05) is 5.56 Å². The van der Waals surface area contributed by atoms with Crippen molar-refractivity contribution in [2.45, 2.75) is 6.92 Å². The van der Waals surface area contributed by atoms with Gasteiger partial charge in [-0.2, -0.15) is 0 Å². The molecule has 0 aliphatic rings. The highest BCUT2D eigenvalue weighted by Gasteiger charge is 2.20. The highest BCUT2D eigenvalue weighted by Crippen LogP contribution is 2.38. The SMILES string of the molecule is COc1ccc(C(=O)c2ccc(F)c(C)c2)c(OC)c1Br. The Labute approximate surface area is 130 Å². The molecule has 0 aromatic heterocycles. The summed E-state index contributed by atoms with van der Waals surface area (Å²) in [6.07, 6.45) is 0. The zero-order valence-corrected chi connectivity index (χ0v) is 13.5. The topological polar surface area (TPSA) is 35.5 Å². The van der Waals surface area contributed by atoms with Crippen molar-refractivity contribution < 1.29 is 18.7 Å². The zero-order valence-electron chi connectivity index (χ0n) is 11.9. The van der Waals surface area contributed by atoms with Crippen LogP contribution in [0.4, 0.5) is 4.39 Å². The molecule has 0 fully saturated rings. The van der Waals surface area contributed by atoms with E-state index in [0.717, 1.165) is 0 Å². The third-order valence-corrected chi connectivity index (χ3v) is 3.90. The van der Waals surface area contributed by atoms with Gasteiger partial charge < -0.3 is 9.47 Å². The number of hydrogen-bond acceptors (Lipinski definition) is 3. The molecule has 0 atom stereocenters. The van der Waals surface area contributed by atoms with Crippen LogP contribution >= 0.6 is 15.9 Å². The number of hydrogen-bond donors (Lipinski definition) is 0. The van der Waals surface area contributed by atoms with Gasteiger partial charge in [-0.1, -0.05) is 0 Å². The lowest BCUT2D eigenvalue weighted by molar-refractivity contribution is 0.103. The molecule has 3 nitrogen and oxygen atoms in total. The quantitative estimate of drug-likeness (QED) is 0.775. The lowest BCUT2D eigenvalue weighted by Crippen LogP contribution is -2.06. The van der Waals surface area contributed by atoms with Gasteiger partial charge in [0.25, 0.3) is 0 Å². The Balaban J connectivity index is 2.52. The first-order valence-electron chi connectivity index (χ1n) is 6.21. The van der Waals surface area contributed by atoms with Gasteiger partial charge in [0.05, 0.1) is 19.8 Å². The van der Waals surface area contributed by atoms with Crippen LogP contribution in [0.3, 0.4) is 0 Å². The van der Waals surface area contributed by atoms with Crippen LogP contribution in [-0.2, 0) is 0 Å². The molecule has 0 saturated carbocycles. The fraction of sp³-hybridized carbons (Fsp3) is 0.188. The van der Waals surface area contributed by atoms with E-state index in [9.17, 15) is 9.18 Å². The predicted molar refractivity (Wildman–Crippen MR) is 81.8 cm³/mol. The second-order valence-electron chi connectivity index (χ2n) is 4.46. The van der Waals surface area contributed by atoms with Crippen molar-refractivity contribution in [1.29, 1.82) is 0 Å². The summed E-state index contributed by atoms with van der Waals surface area (Å²) in [6, 6.07) is 7.57. The van der Waals surface area contributed by atoms with Gasteiger partial charge in [0.1, 0.15) is 21.8 Å². The minimum atomic E-state index is -0.338. The first kappa shape index (κ1) is 15.5. The van der Waals surface area contributed by atoms with Gasteiger partial charge in [0.15, 0.2) is 5.78 Å². The Bertz CT molecular complexity index is 698. The Morgan fingerprint density at radius 2 is 1.86 bits per heavy atom. The van der Waals surface area contributed by atoms with E-state index in [1.807, 2.05) is 0 Å². The van der Waals surface area contributed by atoms with Crippen LogP contribution in [0, 0.1) is 12.7 Å². The molecule has 0 saturated heterocycles. The maximum Gasteiger partial charge on any atom is 0.196 e. The Morgan fingerprint density at radius 3 is 2.43 bits per heavy atom. The van der Waals surface area contributed by atoms with Crippen molar-refractivity contribution in [2.24, 2.45) is 0 Å². The summed E-state index contributed by atoms with van der Waals surface area (Å²) in [4.78, 5) is 12.6.